The maximum Gasteiger partial charge on any atom is 0.232 e. The lowest BCUT2D eigenvalue weighted by Crippen LogP contribution is -2.38. The van der Waals surface area contributed by atoms with Crippen molar-refractivity contribution in [2.24, 2.45) is 7.05 Å². The van der Waals surface area contributed by atoms with E-state index in [2.05, 4.69) is 57.1 Å². The van der Waals surface area contributed by atoms with Crippen LogP contribution in [0.2, 0.25) is 0 Å². The quantitative estimate of drug-likeness (QED) is 0.676. The molecule has 0 N–H and O–H groups in total. The highest BCUT2D eigenvalue weighted by Crippen LogP contribution is 2.29. The van der Waals surface area contributed by atoms with E-state index in [4.69, 9.17) is 14.0 Å². The molecule has 2 fully saturated rings. The lowest BCUT2D eigenvalue weighted by molar-refractivity contribution is 0.0960. The molecule has 1 aromatic carbocycles. The van der Waals surface area contributed by atoms with Crippen molar-refractivity contribution in [2.75, 3.05) is 26.3 Å². The summed E-state index contributed by atoms with van der Waals surface area (Å²) in [5, 5.41) is 5.34. The van der Waals surface area contributed by atoms with Crippen LogP contribution in [0.15, 0.2) is 35.0 Å². The molecule has 0 saturated carbocycles. The predicted molar refractivity (Wildman–Crippen MR) is 104 cm³/mol. The second-order valence-electron chi connectivity index (χ2n) is 7.82. The molecule has 7 nitrogen and oxygen atoms in total. The van der Waals surface area contributed by atoms with Gasteiger partial charge in [0.25, 0.3) is 0 Å². The van der Waals surface area contributed by atoms with Crippen LogP contribution in [-0.2, 0) is 18.3 Å². The molecule has 148 valence electrons. The van der Waals surface area contributed by atoms with Crippen LogP contribution in [0.5, 0.6) is 5.75 Å². The summed E-state index contributed by atoms with van der Waals surface area (Å²) in [6.07, 6.45) is 5.31. The molecule has 0 spiro atoms. The molecule has 28 heavy (non-hydrogen) atoms. The lowest BCUT2D eigenvalue weighted by atomic mass is 10.1. The van der Waals surface area contributed by atoms with E-state index in [9.17, 15) is 0 Å². The van der Waals surface area contributed by atoms with Crippen molar-refractivity contribution in [1.29, 1.82) is 0 Å². The van der Waals surface area contributed by atoms with Gasteiger partial charge in [0.15, 0.2) is 5.82 Å². The summed E-state index contributed by atoms with van der Waals surface area (Å²) < 4.78 is 19.3. The van der Waals surface area contributed by atoms with Crippen molar-refractivity contribution in [2.45, 2.75) is 37.8 Å². The van der Waals surface area contributed by atoms with Gasteiger partial charge in [-0.05, 0) is 37.5 Å². The summed E-state index contributed by atoms with van der Waals surface area (Å²) in [5.74, 6) is 2.75. The van der Waals surface area contributed by atoms with Crippen LogP contribution in [-0.4, -0.2) is 52.0 Å². The fourth-order valence-electron chi connectivity index (χ4n) is 4.17. The summed E-state index contributed by atoms with van der Waals surface area (Å²) in [4.78, 5) is 6.95. The number of ether oxygens (including phenoxy) is 2. The van der Waals surface area contributed by atoms with E-state index in [1.54, 1.807) is 0 Å². The van der Waals surface area contributed by atoms with Gasteiger partial charge < -0.3 is 18.6 Å². The molecule has 2 saturated heterocycles. The van der Waals surface area contributed by atoms with Gasteiger partial charge in [0.2, 0.25) is 5.89 Å². The van der Waals surface area contributed by atoms with Gasteiger partial charge in [0.1, 0.15) is 11.9 Å². The number of likely N-dealkylation sites (tertiary alicyclic amines) is 1. The Balaban J connectivity index is 1.16. The predicted octanol–water partition coefficient (Wildman–Crippen LogP) is 3.11. The first kappa shape index (κ1) is 17.7. The average molecular weight is 382 g/mol. The zero-order valence-corrected chi connectivity index (χ0v) is 16.2. The summed E-state index contributed by atoms with van der Waals surface area (Å²) in [5.41, 5.74) is 1.20. The number of hydrogen-bond acceptors (Lipinski definition) is 6. The van der Waals surface area contributed by atoms with Gasteiger partial charge in [-0.25, -0.2) is 0 Å². The number of hydrogen-bond donors (Lipinski definition) is 0. The molecule has 2 aliphatic rings. The first-order valence-corrected chi connectivity index (χ1v) is 10.1. The number of benzene rings is 1. The Morgan fingerprint density at radius 3 is 2.89 bits per heavy atom. The highest BCUT2D eigenvalue weighted by Gasteiger charge is 2.26. The third-order valence-electron chi connectivity index (χ3n) is 5.84. The minimum absolute atomic E-state index is 0.249. The van der Waals surface area contributed by atoms with Crippen LogP contribution in [0.4, 0.5) is 0 Å². The molecule has 4 heterocycles. The topological polar surface area (TPSA) is 65.5 Å². The summed E-state index contributed by atoms with van der Waals surface area (Å²) >= 11 is 0. The minimum atomic E-state index is 0.249. The van der Waals surface area contributed by atoms with Crippen LogP contribution < -0.4 is 4.74 Å². The second-order valence-corrected chi connectivity index (χ2v) is 7.82. The van der Waals surface area contributed by atoms with Crippen LogP contribution >= 0.6 is 0 Å². The smallest absolute Gasteiger partial charge is 0.232 e. The number of nitrogens with zero attached hydrogens (tertiary/aromatic N) is 4. The highest BCUT2D eigenvalue weighted by molar-refractivity contribution is 5.86. The third-order valence-corrected chi connectivity index (χ3v) is 5.84. The monoisotopic (exact) mass is 382 g/mol. The van der Waals surface area contributed by atoms with Crippen LogP contribution in [0.1, 0.15) is 36.9 Å². The largest absolute Gasteiger partial charge is 0.490 e. The first-order valence-electron chi connectivity index (χ1n) is 10.1. The Morgan fingerprint density at radius 1 is 1.18 bits per heavy atom. The molecule has 1 unspecified atom stereocenters. The fraction of sp³-hybridized carbons (Fsp3) is 0.524. The van der Waals surface area contributed by atoms with Crippen molar-refractivity contribution < 1.29 is 14.0 Å². The van der Waals surface area contributed by atoms with E-state index in [1.165, 1.54) is 10.9 Å². The molecular formula is C21H26N4O3. The number of fused-ring (bicyclic) bond motifs is 1. The Bertz CT molecular complexity index is 936. The molecule has 5 rings (SSSR count). The zero-order chi connectivity index (χ0) is 18.9. The van der Waals surface area contributed by atoms with E-state index in [-0.39, 0.29) is 12.0 Å². The van der Waals surface area contributed by atoms with Crippen molar-refractivity contribution in [3.63, 3.8) is 0 Å². The van der Waals surface area contributed by atoms with Crippen LogP contribution in [0.3, 0.4) is 0 Å². The Morgan fingerprint density at radius 2 is 2.07 bits per heavy atom. The molecule has 2 aliphatic heterocycles. The van der Waals surface area contributed by atoms with E-state index in [0.29, 0.717) is 6.61 Å². The number of piperidine rings is 1. The summed E-state index contributed by atoms with van der Waals surface area (Å²) in [7, 11) is 2.06. The molecule has 0 amide bonds. The lowest BCUT2D eigenvalue weighted by Gasteiger charge is -2.31. The van der Waals surface area contributed by atoms with Gasteiger partial charge in [-0.1, -0.05) is 11.2 Å². The van der Waals surface area contributed by atoms with E-state index < -0.39 is 0 Å². The first-order chi connectivity index (χ1) is 13.8. The molecule has 0 aliphatic carbocycles. The molecule has 7 heteroatoms. The number of rotatable bonds is 5. The van der Waals surface area contributed by atoms with Crippen LogP contribution in [0.25, 0.3) is 10.9 Å². The number of aromatic nitrogens is 3. The maximum atomic E-state index is 6.35. The second kappa shape index (κ2) is 7.56. The summed E-state index contributed by atoms with van der Waals surface area (Å²) in [6, 6.07) is 8.39. The van der Waals surface area contributed by atoms with Gasteiger partial charge in [0.05, 0.1) is 24.6 Å². The van der Waals surface area contributed by atoms with Gasteiger partial charge in [0, 0.05) is 38.3 Å². The molecule has 0 bridgehead atoms. The molecule has 2 aromatic heterocycles. The fourth-order valence-corrected chi connectivity index (χ4v) is 4.17. The third kappa shape index (κ3) is 3.52. The SMILES string of the molecule is Cn1ccc2c(OC3CCN(Cc4noc(C5CCOC5)n4)CC3)cccc21. The highest BCUT2D eigenvalue weighted by atomic mass is 16.5. The normalized spacial score (nSPS) is 21.5. The Kier molecular flexibility index (Phi) is 4.78. The Labute approximate surface area is 164 Å². The maximum absolute atomic E-state index is 6.35. The van der Waals surface area contributed by atoms with Crippen LogP contribution in [0, 0.1) is 0 Å². The Hall–Kier alpha value is -2.38. The van der Waals surface area contributed by atoms with Gasteiger partial charge >= 0.3 is 0 Å². The minimum Gasteiger partial charge on any atom is -0.490 e. The number of aryl methyl sites for hydroxylation is 1. The van der Waals surface area contributed by atoms with Crippen molar-refractivity contribution in [3.8, 4) is 5.75 Å². The summed E-state index contributed by atoms with van der Waals surface area (Å²) in [6.45, 7) is 4.17. The van der Waals surface area contributed by atoms with E-state index in [0.717, 1.165) is 63.0 Å². The van der Waals surface area contributed by atoms with Gasteiger partial charge in [-0.3, -0.25) is 4.90 Å². The molecule has 3 aromatic rings. The van der Waals surface area contributed by atoms with Crippen molar-refractivity contribution in [3.05, 3.63) is 42.2 Å². The van der Waals surface area contributed by atoms with Crippen molar-refractivity contribution in [1.82, 2.24) is 19.6 Å². The standard InChI is InChI=1S/C21H26N4O3/c1-24-9-7-17-18(24)3-2-4-19(17)27-16-5-10-25(11-6-16)13-20-22-21(28-23-20)15-8-12-26-14-15/h2-4,7,9,15-16H,5-6,8,10-14H2,1H3. The van der Waals surface area contributed by atoms with Gasteiger partial charge in [-0.2, -0.15) is 4.98 Å². The molecule has 1 atom stereocenters. The van der Waals surface area contributed by atoms with E-state index >= 15 is 0 Å². The molecule has 0 radical (unpaired) electrons. The average Bonchev–Trinajstić information content (AvgIpc) is 3.45. The molecular weight excluding hydrogens is 356 g/mol. The van der Waals surface area contributed by atoms with E-state index in [1.807, 2.05) is 0 Å². The van der Waals surface area contributed by atoms with Crippen molar-refractivity contribution >= 4 is 10.9 Å². The zero-order valence-electron chi connectivity index (χ0n) is 16.2. The van der Waals surface area contributed by atoms with Gasteiger partial charge in [-0.15, -0.1) is 0 Å².